The van der Waals surface area contributed by atoms with Crippen LogP contribution in [0.5, 0.6) is 5.75 Å². The third-order valence-corrected chi connectivity index (χ3v) is 3.09. The summed E-state index contributed by atoms with van der Waals surface area (Å²) in [5.74, 6) is 0.660. The Bertz CT molecular complexity index is 472. The number of rotatable bonds is 6. The second-order valence-corrected chi connectivity index (χ2v) is 5.02. The van der Waals surface area contributed by atoms with Gasteiger partial charge >= 0.3 is 5.97 Å². The van der Waals surface area contributed by atoms with Gasteiger partial charge in [-0.1, -0.05) is 11.6 Å². The van der Waals surface area contributed by atoms with E-state index in [9.17, 15) is 4.79 Å². The van der Waals surface area contributed by atoms with Crippen LogP contribution in [0.25, 0.3) is 0 Å². The second-order valence-electron chi connectivity index (χ2n) is 3.54. The highest BCUT2D eigenvalue weighted by Crippen LogP contribution is 2.26. The molecule has 5 nitrogen and oxygen atoms in total. The van der Waals surface area contributed by atoms with Gasteiger partial charge in [-0.05, 0) is 36.9 Å². The topological polar surface area (TPSA) is 87.1 Å². The molecule has 0 aliphatic rings. The third kappa shape index (κ3) is 6.88. The number of carbonyl (C=O) groups excluding carboxylic acids is 1. The molecule has 1 aromatic rings. The lowest BCUT2D eigenvalue weighted by atomic mass is 10.2. The maximum absolute atomic E-state index is 11.2. The number of nitrogens with two attached hydrogens (primary N) is 2. The molecule has 4 N–H and O–H groups in total. The highest BCUT2D eigenvalue weighted by Gasteiger charge is 2.10. The molecule has 0 unspecified atom stereocenters. The van der Waals surface area contributed by atoms with Crippen LogP contribution in [0.15, 0.2) is 18.2 Å². The molecule has 1 rings (SSSR count). The number of carbonyl (C=O) groups is 1. The van der Waals surface area contributed by atoms with Gasteiger partial charge in [0.2, 0.25) is 0 Å². The molecule has 0 heterocycles. The molecular weight excluding hydrogens is 323 g/mol. The number of thioether (sulfide) groups is 1. The smallest absolute Gasteiger partial charge is 0.344 e. The van der Waals surface area contributed by atoms with Crippen LogP contribution >= 0.6 is 23.4 Å². The van der Waals surface area contributed by atoms with Gasteiger partial charge in [-0.3, -0.25) is 11.1 Å². The van der Waals surface area contributed by atoms with Crippen LogP contribution in [0.2, 0.25) is 5.02 Å². The Morgan fingerprint density at radius 3 is 2.80 bits per heavy atom. The van der Waals surface area contributed by atoms with Gasteiger partial charge in [0.15, 0.2) is 6.61 Å². The van der Waals surface area contributed by atoms with Crippen molar-refractivity contribution in [3.8, 4) is 5.75 Å². The van der Waals surface area contributed by atoms with Gasteiger partial charge in [-0.2, -0.15) is 0 Å². The van der Waals surface area contributed by atoms with Gasteiger partial charge in [0, 0.05) is 16.3 Å². The minimum Gasteiger partial charge on any atom is -1.00 e. The Labute approximate surface area is 133 Å². The van der Waals surface area contributed by atoms with E-state index < -0.39 is 5.97 Å². The summed E-state index contributed by atoms with van der Waals surface area (Å²) in [6.45, 7) is 1.92. The van der Waals surface area contributed by atoms with Crippen LogP contribution in [-0.4, -0.2) is 24.4 Å². The molecule has 0 amide bonds. The van der Waals surface area contributed by atoms with Crippen molar-refractivity contribution in [2.75, 3.05) is 13.2 Å². The minimum atomic E-state index is -0.416. The molecule has 0 atom stereocenters. The number of ether oxygens (including phenoxy) is 2. The fraction of sp³-hybridized carbons (Fsp3) is 0.333. The molecule has 0 fully saturated rings. The maximum Gasteiger partial charge on any atom is 0.344 e. The predicted octanol–water partition coefficient (Wildman–Crippen LogP) is -2.41. The van der Waals surface area contributed by atoms with Crippen molar-refractivity contribution >= 4 is 34.5 Å². The van der Waals surface area contributed by atoms with Crippen molar-refractivity contribution < 1.29 is 32.1 Å². The summed E-state index contributed by atoms with van der Waals surface area (Å²) in [7, 11) is 0. The molecule has 0 aromatic heterocycles. The van der Waals surface area contributed by atoms with Gasteiger partial charge in [0.05, 0.1) is 6.61 Å². The lowest BCUT2D eigenvalue weighted by molar-refractivity contribution is -0.145. The Morgan fingerprint density at radius 2 is 2.20 bits per heavy atom. The van der Waals surface area contributed by atoms with E-state index in [1.807, 2.05) is 0 Å². The standard InChI is InChI=1S/C12H15ClN2O3S.ClH/c1-2-17-11(16)6-18-10-4-3-9(13)5-8(10)7-19-12(14)15;/h3-5H,2,6-7H2,1H3,(H3,14,15);1H. The van der Waals surface area contributed by atoms with Crippen LogP contribution in [0, 0.1) is 0 Å². The first-order valence-corrected chi connectivity index (χ1v) is 6.96. The first-order valence-electron chi connectivity index (χ1n) is 5.60. The summed E-state index contributed by atoms with van der Waals surface area (Å²) in [4.78, 5) is 11.2. The molecule has 8 heteroatoms. The van der Waals surface area contributed by atoms with Crippen molar-refractivity contribution in [1.29, 1.82) is 0 Å². The number of hydrogen-bond donors (Lipinski definition) is 2. The molecule has 0 saturated carbocycles. The predicted molar refractivity (Wildman–Crippen MR) is 76.0 cm³/mol. The lowest BCUT2D eigenvalue weighted by Crippen LogP contribution is -3.00. The van der Waals surface area contributed by atoms with Crippen molar-refractivity contribution in [3.05, 3.63) is 28.8 Å². The summed E-state index contributed by atoms with van der Waals surface area (Å²) >= 11 is 7.19. The Balaban J connectivity index is 0.00000361. The number of amidine groups is 1. The highest BCUT2D eigenvalue weighted by atomic mass is 35.5. The van der Waals surface area contributed by atoms with Gasteiger partial charge in [-0.25, -0.2) is 4.79 Å². The van der Waals surface area contributed by atoms with E-state index in [0.717, 1.165) is 5.56 Å². The molecule has 0 aliphatic heterocycles. The lowest BCUT2D eigenvalue weighted by Gasteiger charge is -2.10. The molecule has 0 aliphatic carbocycles. The van der Waals surface area contributed by atoms with E-state index >= 15 is 0 Å². The van der Waals surface area contributed by atoms with E-state index in [-0.39, 0.29) is 24.2 Å². The third-order valence-electron chi connectivity index (χ3n) is 2.07. The van der Waals surface area contributed by atoms with Crippen LogP contribution in [0.1, 0.15) is 12.5 Å². The fourth-order valence-electron chi connectivity index (χ4n) is 1.30. The van der Waals surface area contributed by atoms with Crippen LogP contribution in [0.4, 0.5) is 0 Å². The van der Waals surface area contributed by atoms with Crippen LogP contribution in [0.3, 0.4) is 0 Å². The normalized spacial score (nSPS) is 9.50. The van der Waals surface area contributed by atoms with Gasteiger partial charge < -0.3 is 21.9 Å². The van der Waals surface area contributed by atoms with E-state index in [0.29, 0.717) is 23.1 Å². The van der Waals surface area contributed by atoms with Gasteiger partial charge in [0.1, 0.15) is 5.75 Å². The maximum atomic E-state index is 11.2. The molecule has 1 aromatic carbocycles. The molecule has 0 spiro atoms. The molecule has 20 heavy (non-hydrogen) atoms. The Hall–Kier alpha value is -1.11. The fourth-order valence-corrected chi connectivity index (χ4v) is 2.04. The summed E-state index contributed by atoms with van der Waals surface area (Å²) < 4.78 is 10.2. The van der Waals surface area contributed by atoms with Crippen molar-refractivity contribution in [2.24, 2.45) is 5.73 Å². The summed E-state index contributed by atoms with van der Waals surface area (Å²) in [5, 5.41) is 6.24. The van der Waals surface area contributed by atoms with E-state index in [2.05, 4.69) is 0 Å². The van der Waals surface area contributed by atoms with Crippen molar-refractivity contribution in [3.63, 3.8) is 0 Å². The van der Waals surface area contributed by atoms with Crippen LogP contribution in [-0.2, 0) is 15.3 Å². The first-order chi connectivity index (χ1) is 9.02. The van der Waals surface area contributed by atoms with E-state index in [1.54, 1.807) is 25.1 Å². The zero-order valence-electron chi connectivity index (χ0n) is 10.9. The number of benzene rings is 1. The van der Waals surface area contributed by atoms with Gasteiger partial charge in [0.25, 0.3) is 5.17 Å². The zero-order chi connectivity index (χ0) is 14.3. The average molecular weight is 339 g/mol. The molecule has 0 saturated heterocycles. The second kappa shape index (κ2) is 9.74. The Kier molecular flexibility index (Phi) is 9.20. The highest BCUT2D eigenvalue weighted by molar-refractivity contribution is 8.12. The molecular formula is C12H16Cl2N2O3S. The van der Waals surface area contributed by atoms with Crippen molar-refractivity contribution in [1.82, 2.24) is 0 Å². The SMILES string of the molecule is CCOC(=O)COc1ccc(Cl)cc1CSC(N)=[NH2+].[Cl-]. The summed E-state index contributed by atoms with van der Waals surface area (Å²) in [6, 6.07) is 5.13. The molecule has 0 radical (unpaired) electrons. The largest absolute Gasteiger partial charge is 1.00 e. The van der Waals surface area contributed by atoms with E-state index in [4.69, 9.17) is 32.2 Å². The summed E-state index contributed by atoms with van der Waals surface area (Å²) in [6.07, 6.45) is 0. The minimum absolute atomic E-state index is 0. The number of esters is 1. The molecule has 0 bridgehead atoms. The number of halogens is 2. The zero-order valence-corrected chi connectivity index (χ0v) is 13.2. The Morgan fingerprint density at radius 1 is 1.50 bits per heavy atom. The van der Waals surface area contributed by atoms with Crippen molar-refractivity contribution in [2.45, 2.75) is 12.7 Å². The van der Waals surface area contributed by atoms with Gasteiger partial charge in [-0.15, -0.1) is 0 Å². The van der Waals surface area contributed by atoms with E-state index in [1.165, 1.54) is 11.8 Å². The molecule has 112 valence electrons. The summed E-state index contributed by atoms with van der Waals surface area (Å²) in [5.41, 5.74) is 6.21. The van der Waals surface area contributed by atoms with Crippen LogP contribution < -0.4 is 28.3 Å². The number of hydrogen-bond acceptors (Lipinski definition) is 4. The average Bonchev–Trinajstić information content (AvgIpc) is 2.35. The quantitative estimate of drug-likeness (QED) is 0.343. The monoisotopic (exact) mass is 338 g/mol. The first kappa shape index (κ1) is 18.9.